The van der Waals surface area contributed by atoms with Crippen molar-refractivity contribution in [3.05, 3.63) is 48.5 Å². The van der Waals surface area contributed by atoms with Crippen LogP contribution in [0.3, 0.4) is 0 Å². The van der Waals surface area contributed by atoms with Crippen LogP contribution in [0.1, 0.15) is 37.4 Å². The van der Waals surface area contributed by atoms with Gasteiger partial charge in [0.05, 0.1) is 24.7 Å². The molecule has 34 heavy (non-hydrogen) atoms. The topological polar surface area (TPSA) is 88.7 Å². The molecular weight excluding hydrogens is 457 g/mol. The van der Waals surface area contributed by atoms with Gasteiger partial charge in [0.1, 0.15) is 18.2 Å². The lowest BCUT2D eigenvalue weighted by atomic mass is 9.81. The van der Waals surface area contributed by atoms with Crippen LogP contribution in [-0.2, 0) is 4.79 Å². The third-order valence-corrected chi connectivity index (χ3v) is 7.46. The van der Waals surface area contributed by atoms with Gasteiger partial charge >= 0.3 is 5.97 Å². The molecule has 182 valence electrons. The molecule has 7 nitrogen and oxygen atoms in total. The number of benzene rings is 1. The molecule has 0 radical (unpaired) electrons. The Labute approximate surface area is 202 Å². The maximum absolute atomic E-state index is 15.3. The van der Waals surface area contributed by atoms with Gasteiger partial charge in [0.2, 0.25) is 0 Å². The highest BCUT2D eigenvalue weighted by Crippen LogP contribution is 2.35. The van der Waals surface area contributed by atoms with Gasteiger partial charge in [-0.2, -0.15) is 0 Å². The van der Waals surface area contributed by atoms with E-state index < -0.39 is 18.1 Å². The van der Waals surface area contributed by atoms with Crippen LogP contribution in [0.15, 0.2) is 52.6 Å². The molecule has 3 heterocycles. The fourth-order valence-corrected chi connectivity index (χ4v) is 5.40. The molecule has 0 aliphatic carbocycles. The highest BCUT2D eigenvalue weighted by atomic mass is 32.2. The summed E-state index contributed by atoms with van der Waals surface area (Å²) < 4.78 is 25.9. The molecule has 3 aromatic rings. The Balaban J connectivity index is 1.31. The third-order valence-electron chi connectivity index (χ3n) is 6.52. The molecule has 1 aliphatic rings. The highest BCUT2D eigenvalue weighted by molar-refractivity contribution is 7.99. The lowest BCUT2D eigenvalue weighted by Crippen LogP contribution is -2.44. The summed E-state index contributed by atoms with van der Waals surface area (Å²) in [4.78, 5) is 22.6. The molecule has 3 atom stereocenters. The number of ether oxygens (including phenoxy) is 1. The molecule has 1 aliphatic heterocycles. The van der Waals surface area contributed by atoms with Crippen LogP contribution < -0.4 is 4.74 Å². The van der Waals surface area contributed by atoms with Gasteiger partial charge in [0.25, 0.3) is 5.22 Å². The van der Waals surface area contributed by atoms with Gasteiger partial charge in [-0.1, -0.05) is 11.8 Å². The standard InChI is InChI=1S/C25H30FN3O4S/c1-32-18-4-6-23-20(15-18)19(7-9-27-23)22(26)5-3-17-8-12-29(16-21(17)24(30)31)11-2-14-34-25-28-10-13-33-25/h4,6-7,9-10,13,15,17,21-22H,2-3,5,8,11-12,14,16H2,1H3,(H,30,31)/t17-,21+,22?/m1/s1. The van der Waals surface area contributed by atoms with E-state index in [1.807, 2.05) is 18.2 Å². The SMILES string of the molecule is COc1ccc2nccc(C(F)CC[C@@H]3CCN(CCCSc4ncco4)C[C@@H]3C(=O)O)c2c1. The largest absolute Gasteiger partial charge is 0.497 e. The van der Waals surface area contributed by atoms with Crippen LogP contribution in [0.25, 0.3) is 10.9 Å². The van der Waals surface area contributed by atoms with Crippen molar-refractivity contribution in [2.75, 3.05) is 32.5 Å². The van der Waals surface area contributed by atoms with Crippen LogP contribution in [0.4, 0.5) is 4.39 Å². The van der Waals surface area contributed by atoms with E-state index in [1.165, 1.54) is 0 Å². The molecule has 1 fully saturated rings. The van der Waals surface area contributed by atoms with E-state index in [2.05, 4.69) is 14.9 Å². The third kappa shape index (κ3) is 6.07. The second-order valence-electron chi connectivity index (χ2n) is 8.62. The zero-order chi connectivity index (χ0) is 23.9. The van der Waals surface area contributed by atoms with Crippen molar-refractivity contribution >= 4 is 28.6 Å². The first kappa shape index (κ1) is 24.5. The average Bonchev–Trinajstić information content (AvgIpc) is 3.38. The van der Waals surface area contributed by atoms with Gasteiger partial charge in [-0.25, -0.2) is 9.37 Å². The predicted molar refractivity (Wildman–Crippen MR) is 129 cm³/mol. The second-order valence-corrected chi connectivity index (χ2v) is 9.67. The highest BCUT2D eigenvalue weighted by Gasteiger charge is 2.34. The molecular formula is C25H30FN3O4S. The number of rotatable bonds is 11. The predicted octanol–water partition coefficient (Wildman–Crippen LogP) is 5.23. The van der Waals surface area contributed by atoms with Gasteiger partial charge in [-0.15, -0.1) is 0 Å². The number of carbonyl (C=O) groups is 1. The first-order valence-electron chi connectivity index (χ1n) is 11.6. The minimum atomic E-state index is -1.18. The van der Waals surface area contributed by atoms with Crippen LogP contribution >= 0.6 is 11.8 Å². The molecule has 4 rings (SSSR count). The summed E-state index contributed by atoms with van der Waals surface area (Å²) in [7, 11) is 1.58. The number of piperidine rings is 1. The van der Waals surface area contributed by atoms with Crippen molar-refractivity contribution in [1.29, 1.82) is 0 Å². The summed E-state index contributed by atoms with van der Waals surface area (Å²) in [5.74, 6) is 0.224. The number of oxazole rings is 1. The second kappa shape index (κ2) is 11.7. The quantitative estimate of drug-likeness (QED) is 0.291. The molecule has 1 saturated heterocycles. The minimum Gasteiger partial charge on any atom is -0.497 e. The fourth-order valence-electron chi connectivity index (χ4n) is 4.69. The van der Waals surface area contributed by atoms with Gasteiger partial charge < -0.3 is 19.2 Å². The number of alkyl halides is 1. The summed E-state index contributed by atoms with van der Waals surface area (Å²) >= 11 is 1.56. The molecule has 1 aromatic carbocycles. The lowest BCUT2D eigenvalue weighted by Gasteiger charge is -2.36. The Hall–Kier alpha value is -2.65. The summed E-state index contributed by atoms with van der Waals surface area (Å²) in [6.07, 6.45) is 6.14. The maximum atomic E-state index is 15.3. The van der Waals surface area contributed by atoms with Crippen molar-refractivity contribution in [2.24, 2.45) is 11.8 Å². The Kier molecular flexibility index (Phi) is 8.39. The van der Waals surface area contributed by atoms with Gasteiger partial charge in [-0.3, -0.25) is 9.78 Å². The van der Waals surface area contributed by atoms with Crippen molar-refractivity contribution in [2.45, 2.75) is 37.1 Å². The number of carboxylic acids is 1. The Bertz CT molecular complexity index is 1080. The van der Waals surface area contributed by atoms with Crippen LogP contribution in [0.2, 0.25) is 0 Å². The molecule has 0 spiro atoms. The van der Waals surface area contributed by atoms with E-state index in [0.29, 0.717) is 29.5 Å². The number of nitrogens with zero attached hydrogens (tertiary/aromatic N) is 3. The number of hydrogen-bond donors (Lipinski definition) is 1. The van der Waals surface area contributed by atoms with Crippen LogP contribution in [0, 0.1) is 11.8 Å². The van der Waals surface area contributed by atoms with Crippen molar-refractivity contribution in [3.63, 3.8) is 0 Å². The number of fused-ring (bicyclic) bond motifs is 1. The van der Waals surface area contributed by atoms with Gasteiger partial charge in [-0.05, 0) is 74.5 Å². The summed E-state index contributed by atoms with van der Waals surface area (Å²) in [5.41, 5.74) is 1.30. The summed E-state index contributed by atoms with van der Waals surface area (Å²) in [5, 5.41) is 11.2. The summed E-state index contributed by atoms with van der Waals surface area (Å²) in [6, 6.07) is 7.15. The Morgan fingerprint density at radius 2 is 2.24 bits per heavy atom. The van der Waals surface area contributed by atoms with E-state index >= 15 is 4.39 Å². The Morgan fingerprint density at radius 3 is 3.00 bits per heavy atom. The normalized spacial score (nSPS) is 19.8. The number of thioether (sulfide) groups is 1. The number of aliphatic carboxylic acids is 1. The van der Waals surface area contributed by atoms with E-state index in [0.717, 1.165) is 42.6 Å². The van der Waals surface area contributed by atoms with Crippen molar-refractivity contribution < 1.29 is 23.4 Å². The average molecular weight is 488 g/mol. The van der Waals surface area contributed by atoms with Gasteiger partial charge in [0, 0.05) is 23.9 Å². The van der Waals surface area contributed by atoms with E-state index in [1.54, 1.807) is 43.6 Å². The number of aromatic nitrogens is 2. The number of pyridine rings is 1. The number of likely N-dealkylation sites (tertiary alicyclic amines) is 1. The lowest BCUT2D eigenvalue weighted by molar-refractivity contribution is -0.146. The molecule has 1 N–H and O–H groups in total. The smallest absolute Gasteiger partial charge is 0.308 e. The maximum Gasteiger partial charge on any atom is 0.308 e. The number of carboxylic acid groups (broad SMARTS) is 1. The molecule has 1 unspecified atom stereocenters. The van der Waals surface area contributed by atoms with E-state index in [4.69, 9.17) is 9.15 Å². The number of halogens is 1. The molecule has 0 bridgehead atoms. The zero-order valence-electron chi connectivity index (χ0n) is 19.2. The van der Waals surface area contributed by atoms with E-state index in [9.17, 15) is 9.90 Å². The van der Waals surface area contributed by atoms with Crippen molar-refractivity contribution in [1.82, 2.24) is 14.9 Å². The molecule has 2 aromatic heterocycles. The number of methoxy groups -OCH3 is 1. The first-order chi connectivity index (χ1) is 16.5. The summed E-state index contributed by atoms with van der Waals surface area (Å²) in [6.45, 7) is 2.18. The zero-order valence-corrected chi connectivity index (χ0v) is 20.0. The molecule has 9 heteroatoms. The monoisotopic (exact) mass is 487 g/mol. The minimum absolute atomic E-state index is 0.0312. The molecule has 0 saturated carbocycles. The molecule has 0 amide bonds. The van der Waals surface area contributed by atoms with Crippen molar-refractivity contribution in [3.8, 4) is 5.75 Å². The van der Waals surface area contributed by atoms with Crippen LogP contribution in [0.5, 0.6) is 5.75 Å². The Morgan fingerprint density at radius 1 is 1.35 bits per heavy atom. The fraction of sp³-hybridized carbons (Fsp3) is 0.480. The van der Waals surface area contributed by atoms with Crippen LogP contribution in [-0.4, -0.2) is 58.4 Å². The first-order valence-corrected chi connectivity index (χ1v) is 12.6. The van der Waals surface area contributed by atoms with E-state index in [-0.39, 0.29) is 12.3 Å². The number of hydrogen-bond acceptors (Lipinski definition) is 7. The van der Waals surface area contributed by atoms with Gasteiger partial charge in [0.15, 0.2) is 0 Å².